The maximum Gasteiger partial charge on any atom is 0.265 e. The highest BCUT2D eigenvalue weighted by molar-refractivity contribution is 5.80. The molecule has 1 saturated heterocycles. The molecule has 2 rings (SSSR count). The van der Waals surface area contributed by atoms with Gasteiger partial charge in [-0.3, -0.25) is 10.1 Å². The van der Waals surface area contributed by atoms with E-state index >= 15 is 0 Å². The smallest absolute Gasteiger partial charge is 0.265 e. The summed E-state index contributed by atoms with van der Waals surface area (Å²) in [5.74, 6) is 1.31. The van der Waals surface area contributed by atoms with Gasteiger partial charge in [-0.25, -0.2) is 0 Å². The van der Waals surface area contributed by atoms with E-state index in [0.29, 0.717) is 29.7 Å². The molecule has 0 unspecified atom stereocenters. The summed E-state index contributed by atoms with van der Waals surface area (Å²) in [6.45, 7) is 3.45. The van der Waals surface area contributed by atoms with Crippen molar-refractivity contribution in [3.05, 3.63) is 21.7 Å². The molecule has 98 valence electrons. The zero-order chi connectivity index (χ0) is 13.0. The molecule has 0 bridgehead atoms. The van der Waals surface area contributed by atoms with E-state index in [2.05, 4.69) is 9.97 Å². The molecule has 0 radical (unpaired) electrons. The second-order valence-corrected chi connectivity index (χ2v) is 4.43. The first kappa shape index (κ1) is 12.9. The Morgan fingerprint density at radius 2 is 2.28 bits per heavy atom. The van der Waals surface area contributed by atoms with E-state index < -0.39 is 0 Å². The Morgan fingerprint density at radius 1 is 1.56 bits per heavy atom. The molecule has 0 aromatic carbocycles. The Kier molecular flexibility index (Phi) is 4.22. The van der Waals surface area contributed by atoms with Gasteiger partial charge in [-0.2, -0.15) is 4.98 Å². The average Bonchev–Trinajstić information content (AvgIpc) is 2.39. The number of aromatic nitrogens is 2. The molecule has 0 atom stereocenters. The molecule has 0 amide bonds. The van der Waals surface area contributed by atoms with Crippen molar-refractivity contribution in [3.8, 4) is 0 Å². The molecule has 0 aliphatic carbocycles. The Bertz CT molecular complexity index is 477. The van der Waals surface area contributed by atoms with Crippen molar-refractivity contribution in [1.29, 1.82) is 5.41 Å². The number of quaternary nitrogens is 1. The van der Waals surface area contributed by atoms with Gasteiger partial charge in [-0.1, -0.05) is 6.92 Å². The Labute approximate surface area is 105 Å². The van der Waals surface area contributed by atoms with Crippen molar-refractivity contribution in [2.75, 3.05) is 13.2 Å². The molecule has 18 heavy (non-hydrogen) atoms. The fraction of sp³-hybridized carbons (Fsp3) is 0.583. The van der Waals surface area contributed by atoms with Crippen molar-refractivity contribution in [1.82, 2.24) is 9.97 Å². The van der Waals surface area contributed by atoms with Gasteiger partial charge in [-0.05, 0) is 0 Å². The van der Waals surface area contributed by atoms with Crippen LogP contribution in [0.25, 0.3) is 0 Å². The topological polar surface area (TPSA) is 95.4 Å². The van der Waals surface area contributed by atoms with Crippen LogP contribution in [-0.4, -0.2) is 35.4 Å². The normalized spacial score (nSPS) is 16.7. The summed E-state index contributed by atoms with van der Waals surface area (Å²) in [7, 11) is 0. The number of H-pyrrole nitrogens is 1. The van der Waals surface area contributed by atoms with Gasteiger partial charge in [0.2, 0.25) is 5.82 Å². The van der Waals surface area contributed by atoms with Crippen LogP contribution in [0.1, 0.15) is 31.2 Å². The van der Waals surface area contributed by atoms with Gasteiger partial charge < -0.3 is 15.1 Å². The zero-order valence-corrected chi connectivity index (χ0v) is 10.5. The van der Waals surface area contributed by atoms with E-state index in [1.807, 2.05) is 12.2 Å². The lowest BCUT2D eigenvalue weighted by atomic mass is 10.1. The molecule has 4 N–H and O–H groups in total. The predicted octanol–water partition coefficient (Wildman–Crippen LogP) is -0.296. The summed E-state index contributed by atoms with van der Waals surface area (Å²) in [6, 6.07) is 0.386. The van der Waals surface area contributed by atoms with Crippen LogP contribution in [0.2, 0.25) is 0 Å². The summed E-state index contributed by atoms with van der Waals surface area (Å²) in [5, 5.41) is 9.35. The van der Waals surface area contributed by atoms with Gasteiger partial charge in [0.05, 0.1) is 19.3 Å². The second kappa shape index (κ2) is 5.88. The molecule has 1 fully saturated rings. The molecule has 0 spiro atoms. The highest BCUT2D eigenvalue weighted by Gasteiger charge is 2.21. The van der Waals surface area contributed by atoms with Crippen molar-refractivity contribution in [2.45, 2.75) is 32.2 Å². The zero-order valence-electron chi connectivity index (χ0n) is 10.5. The number of ether oxygens (including phenoxy) is 1. The largest absolute Gasteiger partial charge is 0.381 e. The summed E-state index contributed by atoms with van der Waals surface area (Å²) >= 11 is 0. The van der Waals surface area contributed by atoms with E-state index in [4.69, 9.17) is 10.1 Å². The van der Waals surface area contributed by atoms with Crippen molar-refractivity contribution >= 4 is 12.0 Å². The molecule has 0 saturated carbocycles. The van der Waals surface area contributed by atoms with Gasteiger partial charge in [0.1, 0.15) is 11.4 Å². The second-order valence-electron chi connectivity index (χ2n) is 4.43. The fourth-order valence-corrected chi connectivity index (χ4v) is 2.09. The third kappa shape index (κ3) is 2.83. The number of nitrogens with one attached hydrogen (secondary N) is 2. The fourth-order valence-electron chi connectivity index (χ4n) is 2.09. The molecule has 1 aromatic heterocycles. The monoisotopic (exact) mass is 251 g/mol. The summed E-state index contributed by atoms with van der Waals surface area (Å²) in [6.07, 6.45) is 3.67. The summed E-state index contributed by atoms with van der Waals surface area (Å²) < 4.78 is 5.31. The van der Waals surface area contributed by atoms with Crippen LogP contribution in [0, 0.1) is 5.41 Å². The number of aromatic amines is 1. The highest BCUT2D eigenvalue weighted by atomic mass is 16.5. The highest BCUT2D eigenvalue weighted by Crippen LogP contribution is 2.05. The minimum Gasteiger partial charge on any atom is -0.381 e. The van der Waals surface area contributed by atoms with Crippen LogP contribution >= 0.6 is 0 Å². The number of hydrogen-bond acceptors (Lipinski definition) is 4. The third-order valence-corrected chi connectivity index (χ3v) is 3.17. The number of nitrogens with two attached hydrogens (primary N) is 1. The van der Waals surface area contributed by atoms with Crippen molar-refractivity contribution in [2.24, 2.45) is 0 Å². The van der Waals surface area contributed by atoms with Crippen LogP contribution < -0.4 is 10.9 Å². The minimum atomic E-state index is -0.227. The minimum absolute atomic E-state index is 0.227. The first-order chi connectivity index (χ1) is 8.74. The third-order valence-electron chi connectivity index (χ3n) is 3.17. The van der Waals surface area contributed by atoms with Crippen LogP contribution in [0.4, 0.5) is 5.82 Å². The number of rotatable bonds is 4. The molecule has 6 heteroatoms. The summed E-state index contributed by atoms with van der Waals surface area (Å²) in [4.78, 5) is 18.9. The van der Waals surface area contributed by atoms with Crippen LogP contribution in [0.3, 0.4) is 0 Å². The lowest BCUT2D eigenvalue weighted by molar-refractivity contribution is -0.619. The SMILES string of the molecule is CCc1nc([NH2+]C2CCOCC2)c(C=N)c(=O)[nH]1. The first-order valence-corrected chi connectivity index (χ1v) is 6.31. The summed E-state index contributed by atoms with van der Waals surface area (Å²) in [5.41, 5.74) is 0.119. The molecule has 1 aliphatic rings. The van der Waals surface area contributed by atoms with Crippen LogP contribution in [-0.2, 0) is 11.2 Å². The average molecular weight is 251 g/mol. The lowest BCUT2D eigenvalue weighted by Crippen LogP contribution is -2.86. The van der Waals surface area contributed by atoms with Crippen LogP contribution in [0.15, 0.2) is 4.79 Å². The van der Waals surface area contributed by atoms with Gasteiger partial charge >= 0.3 is 0 Å². The quantitative estimate of drug-likeness (QED) is 0.641. The van der Waals surface area contributed by atoms with Crippen molar-refractivity contribution in [3.63, 3.8) is 0 Å². The number of aryl methyl sites for hydroxylation is 1. The molecule has 6 nitrogen and oxygen atoms in total. The number of nitrogens with zero attached hydrogens (tertiary/aromatic N) is 1. The Morgan fingerprint density at radius 3 is 2.89 bits per heavy atom. The van der Waals surface area contributed by atoms with Gasteiger partial charge in [0.25, 0.3) is 5.56 Å². The van der Waals surface area contributed by atoms with Gasteiger partial charge in [-0.15, -0.1) is 0 Å². The lowest BCUT2D eigenvalue weighted by Gasteiger charge is -2.20. The van der Waals surface area contributed by atoms with Gasteiger partial charge in [0, 0.05) is 25.5 Å². The maximum absolute atomic E-state index is 11.8. The Hall–Kier alpha value is -1.53. The maximum atomic E-state index is 11.8. The first-order valence-electron chi connectivity index (χ1n) is 6.31. The van der Waals surface area contributed by atoms with Crippen molar-refractivity contribution < 1.29 is 10.1 Å². The van der Waals surface area contributed by atoms with E-state index in [9.17, 15) is 4.79 Å². The number of hydrogen-bond donors (Lipinski definition) is 3. The molecule has 1 aromatic rings. The van der Waals surface area contributed by atoms with Crippen LogP contribution in [0.5, 0.6) is 0 Å². The van der Waals surface area contributed by atoms with E-state index in [0.717, 1.165) is 32.3 Å². The van der Waals surface area contributed by atoms with E-state index in [1.165, 1.54) is 0 Å². The molecular formula is C12H19N4O2+. The Balaban J connectivity index is 2.26. The predicted molar refractivity (Wildman–Crippen MR) is 67.5 cm³/mol. The van der Waals surface area contributed by atoms with E-state index in [-0.39, 0.29) is 5.56 Å². The molecule has 1 aliphatic heterocycles. The molecular weight excluding hydrogens is 232 g/mol. The van der Waals surface area contributed by atoms with Gasteiger partial charge in [0.15, 0.2) is 0 Å². The van der Waals surface area contributed by atoms with E-state index in [1.54, 1.807) is 0 Å². The molecule has 2 heterocycles. The standard InChI is InChI=1S/C12H18N4O2/c1-2-10-15-11(9(7-13)12(17)16-10)14-8-3-5-18-6-4-8/h7-8,13H,2-6H2,1H3,(H2,14,15,16,17)/p+1.